The Bertz CT molecular complexity index is 968. The third-order valence-corrected chi connectivity index (χ3v) is 6.79. The fraction of sp³-hybridized carbons (Fsp3) is 0.409. The monoisotopic (exact) mass is 432 g/mol. The molecule has 2 aromatic carbocycles. The highest BCUT2D eigenvalue weighted by molar-refractivity contribution is 7.89. The van der Waals surface area contributed by atoms with Crippen molar-refractivity contribution in [1.82, 2.24) is 9.62 Å². The van der Waals surface area contributed by atoms with E-state index in [1.165, 1.54) is 16.4 Å². The summed E-state index contributed by atoms with van der Waals surface area (Å²) in [7, 11) is -3.48. The highest BCUT2D eigenvalue weighted by Gasteiger charge is 2.27. The molecule has 2 aromatic rings. The SMILES string of the molecule is CCOc1ccc(CNC(=O)c2ccc(S(=O)(=O)N3CCCC3)cc2)cc1OCC. The molecule has 0 spiro atoms. The summed E-state index contributed by atoms with van der Waals surface area (Å²) in [6, 6.07) is 11.6. The zero-order valence-corrected chi connectivity index (χ0v) is 18.2. The van der Waals surface area contributed by atoms with E-state index in [-0.39, 0.29) is 10.8 Å². The maximum absolute atomic E-state index is 12.6. The number of amides is 1. The molecule has 1 amide bonds. The molecule has 0 unspecified atom stereocenters. The molecule has 8 heteroatoms. The van der Waals surface area contributed by atoms with Crippen LogP contribution in [0.4, 0.5) is 0 Å². The van der Waals surface area contributed by atoms with Crippen LogP contribution in [0.2, 0.25) is 0 Å². The quantitative estimate of drug-likeness (QED) is 0.658. The molecule has 1 saturated heterocycles. The summed E-state index contributed by atoms with van der Waals surface area (Å²) in [5.41, 5.74) is 1.29. The third-order valence-electron chi connectivity index (χ3n) is 4.88. The lowest BCUT2D eigenvalue weighted by Gasteiger charge is -2.15. The number of ether oxygens (including phenoxy) is 2. The largest absolute Gasteiger partial charge is 0.490 e. The first-order valence-electron chi connectivity index (χ1n) is 10.2. The van der Waals surface area contributed by atoms with Crippen LogP contribution in [-0.2, 0) is 16.6 Å². The molecule has 0 radical (unpaired) electrons. The van der Waals surface area contributed by atoms with Crippen LogP contribution in [0.5, 0.6) is 11.5 Å². The smallest absolute Gasteiger partial charge is 0.251 e. The van der Waals surface area contributed by atoms with E-state index in [1.807, 2.05) is 32.0 Å². The van der Waals surface area contributed by atoms with E-state index in [0.29, 0.717) is 49.9 Å². The Balaban J connectivity index is 1.64. The standard InChI is InChI=1S/C22H28N2O5S/c1-3-28-20-12-7-17(15-21(20)29-4-2)16-23-22(25)18-8-10-19(11-9-18)30(26,27)24-13-5-6-14-24/h7-12,15H,3-6,13-14,16H2,1-2H3,(H,23,25). The van der Waals surface area contributed by atoms with Gasteiger partial charge in [0.1, 0.15) is 0 Å². The molecular weight excluding hydrogens is 404 g/mol. The Morgan fingerprint density at radius 1 is 0.967 bits per heavy atom. The molecule has 3 rings (SSSR count). The molecule has 30 heavy (non-hydrogen) atoms. The Morgan fingerprint density at radius 3 is 2.23 bits per heavy atom. The summed E-state index contributed by atoms with van der Waals surface area (Å²) in [4.78, 5) is 12.7. The highest BCUT2D eigenvalue weighted by Crippen LogP contribution is 2.28. The van der Waals surface area contributed by atoms with Gasteiger partial charge in [0.25, 0.3) is 5.91 Å². The first-order valence-corrected chi connectivity index (χ1v) is 11.7. The molecule has 1 aliphatic heterocycles. The van der Waals surface area contributed by atoms with E-state index in [2.05, 4.69) is 5.32 Å². The van der Waals surface area contributed by atoms with Gasteiger partial charge < -0.3 is 14.8 Å². The number of benzene rings is 2. The first-order chi connectivity index (χ1) is 14.5. The zero-order chi connectivity index (χ0) is 21.6. The third kappa shape index (κ3) is 5.12. The topological polar surface area (TPSA) is 84.9 Å². The maximum atomic E-state index is 12.6. The number of rotatable bonds is 9. The highest BCUT2D eigenvalue weighted by atomic mass is 32.2. The van der Waals surface area contributed by atoms with E-state index in [9.17, 15) is 13.2 Å². The van der Waals surface area contributed by atoms with Gasteiger partial charge in [-0.15, -0.1) is 0 Å². The second-order valence-electron chi connectivity index (χ2n) is 6.97. The van der Waals surface area contributed by atoms with Crippen molar-refractivity contribution in [3.05, 3.63) is 53.6 Å². The van der Waals surface area contributed by atoms with Crippen molar-refractivity contribution in [3.63, 3.8) is 0 Å². The number of nitrogens with zero attached hydrogens (tertiary/aromatic N) is 1. The molecule has 1 heterocycles. The minimum atomic E-state index is -3.48. The van der Waals surface area contributed by atoms with Gasteiger partial charge in [0.2, 0.25) is 10.0 Å². The van der Waals surface area contributed by atoms with Crippen molar-refractivity contribution < 1.29 is 22.7 Å². The van der Waals surface area contributed by atoms with Crippen molar-refractivity contribution in [2.24, 2.45) is 0 Å². The van der Waals surface area contributed by atoms with Crippen molar-refractivity contribution in [2.75, 3.05) is 26.3 Å². The van der Waals surface area contributed by atoms with Crippen LogP contribution in [0.3, 0.4) is 0 Å². The van der Waals surface area contributed by atoms with Gasteiger partial charge in [-0.2, -0.15) is 4.31 Å². The molecule has 1 N–H and O–H groups in total. The van der Waals surface area contributed by atoms with Gasteiger partial charge in [-0.3, -0.25) is 4.79 Å². The predicted molar refractivity (Wildman–Crippen MR) is 114 cm³/mol. The van der Waals surface area contributed by atoms with E-state index in [0.717, 1.165) is 18.4 Å². The van der Waals surface area contributed by atoms with Gasteiger partial charge in [-0.1, -0.05) is 6.07 Å². The second kappa shape index (κ2) is 9.95. The van der Waals surface area contributed by atoms with Crippen molar-refractivity contribution >= 4 is 15.9 Å². The van der Waals surface area contributed by atoms with E-state index in [4.69, 9.17) is 9.47 Å². The van der Waals surface area contributed by atoms with Crippen molar-refractivity contribution in [2.45, 2.75) is 38.1 Å². The summed E-state index contributed by atoms with van der Waals surface area (Å²) in [6.45, 7) is 6.29. The molecule has 162 valence electrons. The van der Waals surface area contributed by atoms with Crippen LogP contribution < -0.4 is 14.8 Å². The van der Waals surface area contributed by atoms with E-state index >= 15 is 0 Å². The Morgan fingerprint density at radius 2 is 1.60 bits per heavy atom. The summed E-state index contributed by atoms with van der Waals surface area (Å²) in [6.07, 6.45) is 1.77. The van der Waals surface area contributed by atoms with Gasteiger partial charge in [0.15, 0.2) is 11.5 Å². The molecule has 0 bridgehead atoms. The number of nitrogens with one attached hydrogen (secondary N) is 1. The summed E-state index contributed by atoms with van der Waals surface area (Å²) < 4.78 is 37.8. The Kier molecular flexibility index (Phi) is 7.33. The minimum absolute atomic E-state index is 0.216. The normalized spacial score (nSPS) is 14.5. The lowest BCUT2D eigenvalue weighted by molar-refractivity contribution is 0.0950. The fourth-order valence-corrected chi connectivity index (χ4v) is 4.86. The fourth-order valence-electron chi connectivity index (χ4n) is 3.35. The molecule has 0 aliphatic carbocycles. The number of carbonyl (C=O) groups is 1. The first kappa shape index (κ1) is 22.1. The van der Waals surface area contributed by atoms with Crippen molar-refractivity contribution in [3.8, 4) is 11.5 Å². The number of hydrogen-bond donors (Lipinski definition) is 1. The van der Waals surface area contributed by atoms with Gasteiger partial charge in [0.05, 0.1) is 18.1 Å². The Labute approximate surface area is 178 Å². The van der Waals surface area contributed by atoms with Crippen LogP contribution in [0.25, 0.3) is 0 Å². The molecule has 0 saturated carbocycles. The second-order valence-corrected chi connectivity index (χ2v) is 8.90. The van der Waals surface area contributed by atoms with Crippen LogP contribution in [0, 0.1) is 0 Å². The Hall–Kier alpha value is -2.58. The van der Waals surface area contributed by atoms with Crippen molar-refractivity contribution in [1.29, 1.82) is 0 Å². The lowest BCUT2D eigenvalue weighted by Crippen LogP contribution is -2.28. The average molecular weight is 433 g/mol. The van der Waals surface area contributed by atoms with Crippen LogP contribution in [-0.4, -0.2) is 44.9 Å². The lowest BCUT2D eigenvalue weighted by atomic mass is 10.1. The molecule has 0 aromatic heterocycles. The zero-order valence-electron chi connectivity index (χ0n) is 17.4. The van der Waals surface area contributed by atoms with Gasteiger partial charge in [-0.05, 0) is 68.7 Å². The molecular formula is C22H28N2O5S. The van der Waals surface area contributed by atoms with Crippen LogP contribution in [0.1, 0.15) is 42.6 Å². The van der Waals surface area contributed by atoms with Crippen LogP contribution in [0.15, 0.2) is 47.4 Å². The number of sulfonamides is 1. The van der Waals surface area contributed by atoms with E-state index in [1.54, 1.807) is 12.1 Å². The summed E-state index contributed by atoms with van der Waals surface area (Å²) >= 11 is 0. The summed E-state index contributed by atoms with van der Waals surface area (Å²) in [5, 5.41) is 2.85. The van der Waals surface area contributed by atoms with Gasteiger partial charge in [-0.25, -0.2) is 8.42 Å². The molecule has 0 atom stereocenters. The average Bonchev–Trinajstić information content (AvgIpc) is 3.30. The molecule has 1 aliphatic rings. The minimum Gasteiger partial charge on any atom is -0.490 e. The number of hydrogen-bond acceptors (Lipinski definition) is 5. The van der Waals surface area contributed by atoms with Gasteiger partial charge in [0, 0.05) is 25.2 Å². The van der Waals surface area contributed by atoms with Crippen LogP contribution >= 0.6 is 0 Å². The molecule has 7 nitrogen and oxygen atoms in total. The predicted octanol–water partition coefficient (Wildman–Crippen LogP) is 3.20. The maximum Gasteiger partial charge on any atom is 0.251 e. The summed E-state index contributed by atoms with van der Waals surface area (Å²) in [5.74, 6) is 1.04. The number of carbonyl (C=O) groups excluding carboxylic acids is 1. The van der Waals surface area contributed by atoms with Gasteiger partial charge >= 0.3 is 0 Å². The molecule has 1 fully saturated rings. The van der Waals surface area contributed by atoms with E-state index < -0.39 is 10.0 Å².